The van der Waals surface area contributed by atoms with Crippen LogP contribution in [-0.2, 0) is 6.42 Å². The van der Waals surface area contributed by atoms with Gasteiger partial charge in [0.25, 0.3) is 0 Å². The molecule has 0 N–H and O–H groups in total. The molecule has 0 saturated heterocycles. The standard InChI is InChI=1S/C13H18O/c1-10-7-11(8-13(2,3)4)5-6-12(10)9-14/h5-7,9H,8H2,1-4H3. The number of aryl methyl sites for hydroxylation is 1. The Kier molecular flexibility index (Phi) is 3.10. The van der Waals surface area contributed by atoms with Crippen molar-refractivity contribution in [2.45, 2.75) is 34.1 Å². The maximum absolute atomic E-state index is 10.6. The summed E-state index contributed by atoms with van der Waals surface area (Å²) in [5.74, 6) is 0. The number of hydrogen-bond donors (Lipinski definition) is 0. The van der Waals surface area contributed by atoms with Gasteiger partial charge in [-0.3, -0.25) is 4.79 Å². The van der Waals surface area contributed by atoms with Crippen molar-refractivity contribution >= 4 is 6.29 Å². The maximum atomic E-state index is 10.6. The zero-order chi connectivity index (χ0) is 10.8. The smallest absolute Gasteiger partial charge is 0.150 e. The average molecular weight is 190 g/mol. The van der Waals surface area contributed by atoms with E-state index in [-0.39, 0.29) is 0 Å². The molecule has 1 aromatic carbocycles. The summed E-state index contributed by atoms with van der Waals surface area (Å²) in [6.07, 6.45) is 1.96. The zero-order valence-electron chi connectivity index (χ0n) is 9.42. The van der Waals surface area contributed by atoms with Gasteiger partial charge in [0.05, 0.1) is 0 Å². The molecular weight excluding hydrogens is 172 g/mol. The Morgan fingerprint density at radius 3 is 2.36 bits per heavy atom. The van der Waals surface area contributed by atoms with Crippen LogP contribution in [0.2, 0.25) is 0 Å². The van der Waals surface area contributed by atoms with Crippen molar-refractivity contribution in [3.63, 3.8) is 0 Å². The normalized spacial score (nSPS) is 11.4. The van der Waals surface area contributed by atoms with Crippen LogP contribution in [0.5, 0.6) is 0 Å². The predicted octanol–water partition coefficient (Wildman–Crippen LogP) is 3.40. The summed E-state index contributed by atoms with van der Waals surface area (Å²) in [6.45, 7) is 8.64. The number of aldehydes is 1. The van der Waals surface area contributed by atoms with E-state index in [0.717, 1.165) is 23.8 Å². The molecule has 0 heterocycles. The molecule has 1 rings (SSSR count). The molecule has 76 valence electrons. The van der Waals surface area contributed by atoms with Gasteiger partial charge in [0, 0.05) is 5.56 Å². The predicted molar refractivity (Wildman–Crippen MR) is 59.7 cm³/mol. The van der Waals surface area contributed by atoms with Gasteiger partial charge in [-0.15, -0.1) is 0 Å². The fourth-order valence-electron chi connectivity index (χ4n) is 1.59. The van der Waals surface area contributed by atoms with Gasteiger partial charge in [-0.2, -0.15) is 0 Å². The number of carbonyl (C=O) groups is 1. The number of rotatable bonds is 2. The highest BCUT2D eigenvalue weighted by Crippen LogP contribution is 2.21. The molecule has 0 saturated carbocycles. The van der Waals surface area contributed by atoms with E-state index in [1.54, 1.807) is 0 Å². The van der Waals surface area contributed by atoms with Gasteiger partial charge >= 0.3 is 0 Å². The van der Waals surface area contributed by atoms with E-state index in [4.69, 9.17) is 0 Å². The Labute approximate surface area is 86.1 Å². The monoisotopic (exact) mass is 190 g/mol. The Bertz CT molecular complexity index is 332. The van der Waals surface area contributed by atoms with Crippen LogP contribution < -0.4 is 0 Å². The topological polar surface area (TPSA) is 17.1 Å². The van der Waals surface area contributed by atoms with Crippen LogP contribution in [0.4, 0.5) is 0 Å². The second-order valence-electron chi connectivity index (χ2n) is 5.05. The lowest BCUT2D eigenvalue weighted by atomic mass is 9.87. The minimum Gasteiger partial charge on any atom is -0.298 e. The molecule has 1 aromatic rings. The zero-order valence-corrected chi connectivity index (χ0v) is 9.42. The van der Waals surface area contributed by atoms with Crippen LogP contribution in [-0.4, -0.2) is 6.29 Å². The van der Waals surface area contributed by atoms with Gasteiger partial charge in [-0.25, -0.2) is 0 Å². The third-order valence-corrected chi connectivity index (χ3v) is 2.20. The molecule has 1 nitrogen and oxygen atoms in total. The van der Waals surface area contributed by atoms with Gasteiger partial charge in [0.15, 0.2) is 0 Å². The first kappa shape index (κ1) is 11.0. The van der Waals surface area contributed by atoms with Gasteiger partial charge in [-0.1, -0.05) is 39.0 Å². The quantitative estimate of drug-likeness (QED) is 0.653. The Morgan fingerprint density at radius 2 is 1.93 bits per heavy atom. The average Bonchev–Trinajstić information content (AvgIpc) is 2.01. The number of carbonyl (C=O) groups excluding carboxylic acids is 1. The lowest BCUT2D eigenvalue weighted by Gasteiger charge is -2.18. The van der Waals surface area contributed by atoms with E-state index in [1.807, 2.05) is 19.1 Å². The van der Waals surface area contributed by atoms with Crippen molar-refractivity contribution < 1.29 is 4.79 Å². The van der Waals surface area contributed by atoms with E-state index in [2.05, 4.69) is 26.8 Å². The molecule has 0 aliphatic heterocycles. The van der Waals surface area contributed by atoms with E-state index in [9.17, 15) is 4.79 Å². The van der Waals surface area contributed by atoms with Gasteiger partial charge < -0.3 is 0 Å². The molecule has 0 aromatic heterocycles. The van der Waals surface area contributed by atoms with E-state index in [0.29, 0.717) is 5.41 Å². The minimum atomic E-state index is 0.301. The fourth-order valence-corrected chi connectivity index (χ4v) is 1.59. The van der Waals surface area contributed by atoms with Crippen molar-refractivity contribution in [1.29, 1.82) is 0 Å². The van der Waals surface area contributed by atoms with Gasteiger partial charge in [0.2, 0.25) is 0 Å². The fraction of sp³-hybridized carbons (Fsp3) is 0.462. The first-order valence-electron chi connectivity index (χ1n) is 4.97. The molecule has 1 heteroatoms. The molecular formula is C13H18O. The highest BCUT2D eigenvalue weighted by Gasteiger charge is 2.11. The van der Waals surface area contributed by atoms with Crippen LogP contribution in [0.15, 0.2) is 18.2 Å². The largest absolute Gasteiger partial charge is 0.298 e. The van der Waals surface area contributed by atoms with E-state index in [1.165, 1.54) is 5.56 Å². The SMILES string of the molecule is Cc1cc(CC(C)(C)C)ccc1C=O. The summed E-state index contributed by atoms with van der Waals surface area (Å²) in [7, 11) is 0. The van der Waals surface area contributed by atoms with Crippen molar-refractivity contribution in [2.24, 2.45) is 5.41 Å². The minimum absolute atomic E-state index is 0.301. The molecule has 0 aliphatic rings. The van der Waals surface area contributed by atoms with Crippen molar-refractivity contribution in [3.05, 3.63) is 34.9 Å². The van der Waals surface area contributed by atoms with Gasteiger partial charge in [-0.05, 0) is 29.9 Å². The molecule has 0 aliphatic carbocycles. The van der Waals surface area contributed by atoms with E-state index >= 15 is 0 Å². The summed E-state index contributed by atoms with van der Waals surface area (Å²) in [5, 5.41) is 0. The van der Waals surface area contributed by atoms with Crippen molar-refractivity contribution in [3.8, 4) is 0 Å². The third-order valence-electron chi connectivity index (χ3n) is 2.20. The van der Waals surface area contributed by atoms with Crippen molar-refractivity contribution in [1.82, 2.24) is 0 Å². The second kappa shape index (κ2) is 3.95. The summed E-state index contributed by atoms with van der Waals surface area (Å²) in [4.78, 5) is 10.6. The number of hydrogen-bond acceptors (Lipinski definition) is 1. The first-order chi connectivity index (χ1) is 6.42. The lowest BCUT2D eigenvalue weighted by Crippen LogP contribution is -2.09. The van der Waals surface area contributed by atoms with Crippen LogP contribution in [0, 0.1) is 12.3 Å². The Balaban J connectivity index is 2.92. The molecule has 14 heavy (non-hydrogen) atoms. The molecule has 0 amide bonds. The number of benzene rings is 1. The van der Waals surface area contributed by atoms with Crippen molar-refractivity contribution in [2.75, 3.05) is 0 Å². The van der Waals surface area contributed by atoms with Crippen LogP contribution >= 0.6 is 0 Å². The van der Waals surface area contributed by atoms with Crippen LogP contribution in [0.3, 0.4) is 0 Å². The van der Waals surface area contributed by atoms with Crippen LogP contribution in [0.1, 0.15) is 42.3 Å². The molecule has 0 spiro atoms. The lowest BCUT2D eigenvalue weighted by molar-refractivity contribution is 0.112. The summed E-state index contributed by atoms with van der Waals surface area (Å²) < 4.78 is 0. The maximum Gasteiger partial charge on any atom is 0.150 e. The highest BCUT2D eigenvalue weighted by molar-refractivity contribution is 5.77. The molecule has 0 bridgehead atoms. The van der Waals surface area contributed by atoms with Gasteiger partial charge in [0.1, 0.15) is 6.29 Å². The molecule has 0 atom stereocenters. The Hall–Kier alpha value is -1.11. The summed E-state index contributed by atoms with van der Waals surface area (Å²) >= 11 is 0. The Morgan fingerprint density at radius 1 is 1.29 bits per heavy atom. The first-order valence-corrected chi connectivity index (χ1v) is 4.97. The highest BCUT2D eigenvalue weighted by atomic mass is 16.1. The summed E-state index contributed by atoms with van der Waals surface area (Å²) in [5.41, 5.74) is 3.47. The van der Waals surface area contributed by atoms with E-state index < -0.39 is 0 Å². The molecule has 0 fully saturated rings. The van der Waals surface area contributed by atoms with Crippen LogP contribution in [0.25, 0.3) is 0 Å². The molecule has 0 radical (unpaired) electrons. The summed E-state index contributed by atoms with van der Waals surface area (Å²) in [6, 6.07) is 6.06. The second-order valence-corrected chi connectivity index (χ2v) is 5.05. The third kappa shape index (κ3) is 2.99. The molecule has 0 unspecified atom stereocenters.